The van der Waals surface area contributed by atoms with E-state index in [1.54, 1.807) is 12.1 Å². The van der Waals surface area contributed by atoms with Crippen molar-refractivity contribution in [2.75, 3.05) is 5.32 Å². The van der Waals surface area contributed by atoms with E-state index in [4.69, 9.17) is 0 Å². The summed E-state index contributed by atoms with van der Waals surface area (Å²) in [7, 11) is 0. The molecule has 0 saturated heterocycles. The molecule has 0 aliphatic heterocycles. The third-order valence-corrected chi connectivity index (χ3v) is 3.51. The van der Waals surface area contributed by atoms with Crippen LogP contribution in [0.3, 0.4) is 0 Å². The van der Waals surface area contributed by atoms with Crippen LogP contribution in [0.2, 0.25) is 0 Å². The lowest BCUT2D eigenvalue weighted by atomic mass is 10.3. The Kier molecular flexibility index (Phi) is 3.44. The van der Waals surface area contributed by atoms with Crippen molar-refractivity contribution in [3.8, 4) is 10.6 Å². The van der Waals surface area contributed by atoms with Gasteiger partial charge in [-0.3, -0.25) is 9.78 Å². The van der Waals surface area contributed by atoms with Crippen molar-refractivity contribution in [3.05, 3.63) is 57.7 Å². The number of halogens is 2. The average molecular weight is 306 g/mol. The highest BCUT2D eigenvalue weighted by atomic mass is 32.1. The number of benzene rings is 1. The molecule has 0 atom stereocenters. The molecule has 0 saturated carbocycles. The number of hydrogen-bond donors (Lipinski definition) is 2. The summed E-state index contributed by atoms with van der Waals surface area (Å²) >= 11 is 1.35. The molecule has 0 bridgehead atoms. The Balaban J connectivity index is 1.93. The number of rotatable bonds is 3. The van der Waals surface area contributed by atoms with Crippen LogP contribution < -0.4 is 10.9 Å². The Labute approximate surface area is 121 Å². The maximum absolute atomic E-state index is 13.5. The van der Waals surface area contributed by atoms with Gasteiger partial charge in [-0.25, -0.2) is 8.78 Å². The molecule has 8 heteroatoms. The molecule has 3 rings (SSSR count). The quantitative estimate of drug-likeness (QED) is 0.780. The van der Waals surface area contributed by atoms with Crippen molar-refractivity contribution in [2.24, 2.45) is 0 Å². The summed E-state index contributed by atoms with van der Waals surface area (Å²) in [6.45, 7) is 0. The van der Waals surface area contributed by atoms with Crippen molar-refractivity contribution in [1.29, 1.82) is 0 Å². The molecule has 0 unspecified atom stereocenters. The smallest absolute Gasteiger partial charge is 0.280 e. The molecular weight excluding hydrogens is 298 g/mol. The number of hydrogen-bond acceptors (Lipinski definition) is 5. The highest BCUT2D eigenvalue weighted by Crippen LogP contribution is 2.20. The first-order chi connectivity index (χ1) is 10.1. The normalized spacial score (nSPS) is 10.6. The Morgan fingerprint density at radius 2 is 2.05 bits per heavy atom. The van der Waals surface area contributed by atoms with Crippen LogP contribution in [0.1, 0.15) is 0 Å². The molecule has 0 spiro atoms. The zero-order valence-electron chi connectivity index (χ0n) is 10.4. The van der Waals surface area contributed by atoms with Crippen LogP contribution in [0.4, 0.5) is 20.4 Å². The van der Waals surface area contributed by atoms with Crippen LogP contribution >= 0.6 is 11.3 Å². The lowest BCUT2D eigenvalue weighted by Gasteiger charge is -2.06. The molecule has 0 fully saturated rings. The fourth-order valence-corrected chi connectivity index (χ4v) is 2.39. The zero-order valence-corrected chi connectivity index (χ0v) is 11.2. The summed E-state index contributed by atoms with van der Waals surface area (Å²) in [5, 5.41) is 11.9. The van der Waals surface area contributed by atoms with Crippen molar-refractivity contribution in [1.82, 2.24) is 15.2 Å². The number of H-pyrrole nitrogens is 1. The number of thiophene rings is 1. The third-order valence-electron chi connectivity index (χ3n) is 2.63. The van der Waals surface area contributed by atoms with Gasteiger partial charge in [-0.2, -0.15) is 0 Å². The fraction of sp³-hybridized carbons (Fsp3) is 0. The van der Waals surface area contributed by atoms with Gasteiger partial charge in [0.15, 0.2) is 5.69 Å². The molecule has 5 nitrogen and oxygen atoms in total. The van der Waals surface area contributed by atoms with Crippen LogP contribution in [0, 0.1) is 11.6 Å². The van der Waals surface area contributed by atoms with Gasteiger partial charge in [-0.05, 0) is 23.6 Å². The van der Waals surface area contributed by atoms with Gasteiger partial charge < -0.3 is 5.32 Å². The second kappa shape index (κ2) is 5.41. The van der Waals surface area contributed by atoms with Gasteiger partial charge in [0.1, 0.15) is 11.6 Å². The van der Waals surface area contributed by atoms with E-state index in [2.05, 4.69) is 20.5 Å². The Morgan fingerprint density at radius 1 is 1.19 bits per heavy atom. The Morgan fingerprint density at radius 3 is 2.76 bits per heavy atom. The monoisotopic (exact) mass is 306 g/mol. The number of aromatic amines is 1. The molecule has 2 N–H and O–H groups in total. The van der Waals surface area contributed by atoms with Crippen molar-refractivity contribution < 1.29 is 8.78 Å². The van der Waals surface area contributed by atoms with Gasteiger partial charge in [0.2, 0.25) is 5.95 Å². The van der Waals surface area contributed by atoms with Crippen molar-refractivity contribution in [2.45, 2.75) is 0 Å². The topological polar surface area (TPSA) is 70.7 Å². The van der Waals surface area contributed by atoms with E-state index in [-0.39, 0.29) is 17.3 Å². The molecule has 0 radical (unpaired) electrons. The number of nitrogens with one attached hydrogen (secondary N) is 2. The molecule has 106 valence electrons. The summed E-state index contributed by atoms with van der Waals surface area (Å²) in [4.78, 5) is 15.0. The van der Waals surface area contributed by atoms with E-state index < -0.39 is 17.2 Å². The molecular formula is C13H8F2N4OS. The van der Waals surface area contributed by atoms with Gasteiger partial charge in [-0.15, -0.1) is 21.5 Å². The van der Waals surface area contributed by atoms with Gasteiger partial charge in [0, 0.05) is 6.07 Å². The largest absolute Gasteiger partial charge is 0.322 e. The predicted octanol–water partition coefficient (Wildman–Crippen LogP) is 2.92. The minimum absolute atomic E-state index is 0.0650. The van der Waals surface area contributed by atoms with E-state index in [1.165, 1.54) is 11.3 Å². The van der Waals surface area contributed by atoms with E-state index in [1.807, 2.05) is 5.38 Å². The van der Waals surface area contributed by atoms with Gasteiger partial charge in [0.05, 0.1) is 10.6 Å². The van der Waals surface area contributed by atoms with Crippen LogP contribution in [-0.4, -0.2) is 15.2 Å². The number of nitrogens with zero attached hydrogens (tertiary/aromatic N) is 2. The highest BCUT2D eigenvalue weighted by Gasteiger charge is 2.10. The lowest BCUT2D eigenvalue weighted by molar-refractivity contribution is 0.603. The van der Waals surface area contributed by atoms with Gasteiger partial charge >= 0.3 is 0 Å². The summed E-state index contributed by atoms with van der Waals surface area (Å²) in [6, 6.07) is 6.46. The summed E-state index contributed by atoms with van der Waals surface area (Å²) in [6.07, 6.45) is 0. The molecule has 0 aliphatic rings. The number of aromatic nitrogens is 3. The van der Waals surface area contributed by atoms with Crippen LogP contribution in [0.5, 0.6) is 0 Å². The predicted molar refractivity (Wildman–Crippen MR) is 75.6 cm³/mol. The molecule has 0 aliphatic carbocycles. The third kappa shape index (κ3) is 2.79. The summed E-state index contributed by atoms with van der Waals surface area (Å²) < 4.78 is 26.6. The summed E-state index contributed by atoms with van der Waals surface area (Å²) in [5.41, 5.74) is -0.425. The molecule has 2 heterocycles. The van der Waals surface area contributed by atoms with E-state index in [0.29, 0.717) is 4.88 Å². The average Bonchev–Trinajstić information content (AvgIpc) is 2.97. The van der Waals surface area contributed by atoms with Crippen molar-refractivity contribution >= 4 is 23.0 Å². The molecule has 1 aromatic carbocycles. The molecule has 3 aromatic rings. The van der Waals surface area contributed by atoms with Gasteiger partial charge in [0.25, 0.3) is 5.56 Å². The van der Waals surface area contributed by atoms with E-state index in [9.17, 15) is 13.6 Å². The lowest BCUT2D eigenvalue weighted by Crippen LogP contribution is -2.15. The minimum Gasteiger partial charge on any atom is -0.322 e. The zero-order chi connectivity index (χ0) is 14.8. The fourth-order valence-electron chi connectivity index (χ4n) is 1.69. The molecule has 0 amide bonds. The molecule has 2 aromatic heterocycles. The standard InChI is InChI=1S/C13H8F2N4OS/c14-7-3-4-8(15)9(6-7)16-13-17-12(20)11(18-19-13)10-2-1-5-21-10/h1-6H,(H2,16,17,19,20). The SMILES string of the molecule is O=c1[nH]c(Nc2cc(F)ccc2F)nnc1-c1cccs1. The second-order valence-electron chi connectivity index (χ2n) is 4.08. The summed E-state index contributed by atoms with van der Waals surface area (Å²) in [5.74, 6) is -1.34. The Bertz CT molecular complexity index is 832. The van der Waals surface area contributed by atoms with E-state index >= 15 is 0 Å². The van der Waals surface area contributed by atoms with E-state index in [0.717, 1.165) is 18.2 Å². The maximum atomic E-state index is 13.5. The van der Waals surface area contributed by atoms with Crippen molar-refractivity contribution in [3.63, 3.8) is 0 Å². The van der Waals surface area contributed by atoms with Crippen LogP contribution in [-0.2, 0) is 0 Å². The highest BCUT2D eigenvalue weighted by molar-refractivity contribution is 7.13. The number of anilines is 2. The minimum atomic E-state index is -0.665. The maximum Gasteiger partial charge on any atom is 0.280 e. The van der Waals surface area contributed by atoms with Crippen LogP contribution in [0.15, 0.2) is 40.5 Å². The second-order valence-corrected chi connectivity index (χ2v) is 5.03. The Hall–Kier alpha value is -2.61. The first-order valence-corrected chi connectivity index (χ1v) is 6.74. The molecule has 21 heavy (non-hydrogen) atoms. The first-order valence-electron chi connectivity index (χ1n) is 5.86. The van der Waals surface area contributed by atoms with Gasteiger partial charge in [-0.1, -0.05) is 6.07 Å². The first kappa shape index (κ1) is 13.4. The van der Waals surface area contributed by atoms with Crippen LogP contribution in [0.25, 0.3) is 10.6 Å².